The van der Waals surface area contributed by atoms with Crippen LogP contribution in [0.5, 0.6) is 5.75 Å². The summed E-state index contributed by atoms with van der Waals surface area (Å²) < 4.78 is 5.59. The summed E-state index contributed by atoms with van der Waals surface area (Å²) in [5.74, 6) is 0.635. The van der Waals surface area contributed by atoms with Crippen LogP contribution in [0.3, 0.4) is 0 Å². The van der Waals surface area contributed by atoms with Crippen LogP contribution < -0.4 is 20.9 Å². The fourth-order valence-electron chi connectivity index (χ4n) is 4.18. The lowest BCUT2D eigenvalue weighted by molar-refractivity contribution is -0.900. The fraction of sp³-hybridized carbons (Fsp3) is 0.588. The highest BCUT2D eigenvalue weighted by Crippen LogP contribution is 2.39. The SMILES string of the molecule is CC1c2cc(Cl)c(N)c(C(=O)NC3CN4CCC3CC4)c2OC[NH+]1[O-]. The Morgan fingerprint density at radius 2 is 2.20 bits per heavy atom. The number of nitrogens with zero attached hydrogens (tertiary/aromatic N) is 1. The van der Waals surface area contributed by atoms with Crippen molar-refractivity contribution in [2.45, 2.75) is 31.8 Å². The second kappa shape index (κ2) is 6.32. The Labute approximate surface area is 151 Å². The number of hydrogen-bond donors (Lipinski definition) is 3. The van der Waals surface area contributed by atoms with Gasteiger partial charge in [0.2, 0.25) is 6.73 Å². The minimum absolute atomic E-state index is 0.0305. The van der Waals surface area contributed by atoms with Crippen LogP contribution in [-0.2, 0) is 0 Å². The fourth-order valence-corrected chi connectivity index (χ4v) is 4.39. The summed E-state index contributed by atoms with van der Waals surface area (Å²) in [5, 5.41) is 15.3. The average molecular weight is 367 g/mol. The molecule has 4 aliphatic heterocycles. The lowest BCUT2D eigenvalue weighted by atomic mass is 9.84. The maximum absolute atomic E-state index is 13.0. The second-order valence-corrected chi connectivity index (χ2v) is 7.67. The van der Waals surface area contributed by atoms with Crippen LogP contribution in [0, 0.1) is 11.1 Å². The van der Waals surface area contributed by atoms with Gasteiger partial charge in [-0.15, -0.1) is 0 Å². The zero-order valence-corrected chi connectivity index (χ0v) is 14.9. The normalized spacial score (nSPS) is 33.5. The van der Waals surface area contributed by atoms with Crippen molar-refractivity contribution < 1.29 is 14.6 Å². The van der Waals surface area contributed by atoms with Gasteiger partial charge in [-0.3, -0.25) is 4.79 Å². The molecule has 3 fully saturated rings. The summed E-state index contributed by atoms with van der Waals surface area (Å²) in [6, 6.07) is 1.40. The number of halogens is 1. The third-order valence-electron chi connectivity index (χ3n) is 5.81. The third-order valence-corrected chi connectivity index (χ3v) is 6.12. The van der Waals surface area contributed by atoms with Crippen LogP contribution in [0.2, 0.25) is 5.02 Å². The number of hydroxylamine groups is 2. The molecular formula is C17H23ClN4O3. The van der Waals surface area contributed by atoms with Gasteiger partial charge in [-0.1, -0.05) is 11.6 Å². The molecule has 3 unspecified atom stereocenters. The van der Waals surface area contributed by atoms with E-state index in [0.29, 0.717) is 17.2 Å². The van der Waals surface area contributed by atoms with Crippen molar-refractivity contribution >= 4 is 23.2 Å². The van der Waals surface area contributed by atoms with Crippen LogP contribution in [-0.4, -0.2) is 43.2 Å². The molecule has 7 nitrogen and oxygen atoms in total. The van der Waals surface area contributed by atoms with E-state index in [9.17, 15) is 10.0 Å². The summed E-state index contributed by atoms with van der Waals surface area (Å²) >= 11 is 6.23. The molecule has 25 heavy (non-hydrogen) atoms. The van der Waals surface area contributed by atoms with Crippen molar-refractivity contribution in [3.05, 3.63) is 27.4 Å². The molecule has 4 aliphatic rings. The van der Waals surface area contributed by atoms with Crippen molar-refractivity contribution in [3.63, 3.8) is 0 Å². The molecule has 0 radical (unpaired) electrons. The topological polar surface area (TPSA) is 95.1 Å². The first-order chi connectivity index (χ1) is 12.0. The summed E-state index contributed by atoms with van der Waals surface area (Å²) in [4.78, 5) is 15.4. The van der Waals surface area contributed by atoms with Gasteiger partial charge < -0.3 is 31.0 Å². The maximum atomic E-state index is 13.0. The summed E-state index contributed by atoms with van der Waals surface area (Å²) in [7, 11) is 0. The molecule has 0 saturated carbocycles. The number of quaternary nitrogens is 1. The molecular weight excluding hydrogens is 344 g/mol. The van der Waals surface area contributed by atoms with Gasteiger partial charge >= 0.3 is 0 Å². The minimum atomic E-state index is -0.356. The Kier molecular flexibility index (Phi) is 4.27. The van der Waals surface area contributed by atoms with Crippen molar-refractivity contribution in [2.75, 3.05) is 32.1 Å². The molecule has 4 heterocycles. The van der Waals surface area contributed by atoms with E-state index in [2.05, 4.69) is 10.2 Å². The lowest BCUT2D eigenvalue weighted by Crippen LogP contribution is -3.08. The number of fused-ring (bicyclic) bond motifs is 4. The van der Waals surface area contributed by atoms with Gasteiger partial charge in [0.15, 0.2) is 0 Å². The standard InChI is InChI=1S/C17H23ClN4O3/c1-9-11-6-12(18)15(19)14(16(11)25-8-22(9)24)17(23)20-13-7-21-4-2-10(13)3-5-21/h6,9-10,13,22H,2-5,7-8,19H2,1H3,(H,20,23). The summed E-state index contributed by atoms with van der Waals surface area (Å²) in [6.45, 7) is 4.83. The van der Waals surface area contributed by atoms with Crippen LogP contribution in [0.25, 0.3) is 0 Å². The Morgan fingerprint density at radius 3 is 2.84 bits per heavy atom. The number of rotatable bonds is 2. The summed E-state index contributed by atoms with van der Waals surface area (Å²) in [5.41, 5.74) is 7.21. The molecule has 8 heteroatoms. The monoisotopic (exact) mass is 366 g/mol. The molecule has 1 aromatic rings. The number of nitrogens with two attached hydrogens (primary N) is 1. The molecule has 0 spiro atoms. The first-order valence-corrected chi connectivity index (χ1v) is 9.14. The number of benzene rings is 1. The lowest BCUT2D eigenvalue weighted by Gasteiger charge is -2.45. The van der Waals surface area contributed by atoms with E-state index in [1.54, 1.807) is 13.0 Å². The van der Waals surface area contributed by atoms with Gasteiger partial charge in [0.25, 0.3) is 5.91 Å². The highest BCUT2D eigenvalue weighted by molar-refractivity contribution is 6.34. The van der Waals surface area contributed by atoms with Crippen molar-refractivity contribution in [3.8, 4) is 5.75 Å². The average Bonchev–Trinajstić information content (AvgIpc) is 2.61. The van der Waals surface area contributed by atoms with E-state index in [-0.39, 0.29) is 46.1 Å². The molecule has 0 aromatic heterocycles. The molecule has 5 rings (SSSR count). The van der Waals surface area contributed by atoms with Crippen molar-refractivity contribution in [1.29, 1.82) is 0 Å². The van der Waals surface area contributed by atoms with E-state index in [4.69, 9.17) is 22.1 Å². The van der Waals surface area contributed by atoms with E-state index in [1.165, 1.54) is 0 Å². The maximum Gasteiger partial charge on any atom is 0.257 e. The molecule has 0 aliphatic carbocycles. The minimum Gasteiger partial charge on any atom is -0.631 e. The van der Waals surface area contributed by atoms with Crippen LogP contribution >= 0.6 is 11.6 Å². The number of amides is 1. The van der Waals surface area contributed by atoms with E-state index in [1.807, 2.05) is 0 Å². The third kappa shape index (κ3) is 2.85. The number of ether oxygens (including phenoxy) is 1. The van der Waals surface area contributed by atoms with Gasteiger partial charge in [0.1, 0.15) is 17.4 Å². The smallest absolute Gasteiger partial charge is 0.257 e. The number of carbonyl (C=O) groups excluding carboxylic acids is 1. The van der Waals surface area contributed by atoms with Crippen LogP contribution in [0.4, 0.5) is 5.69 Å². The number of nitrogen functional groups attached to an aromatic ring is 1. The number of carbonyl (C=O) groups is 1. The second-order valence-electron chi connectivity index (χ2n) is 7.26. The Bertz CT molecular complexity index is 706. The number of hydrogen-bond acceptors (Lipinski definition) is 5. The number of anilines is 1. The highest BCUT2D eigenvalue weighted by Gasteiger charge is 2.37. The largest absolute Gasteiger partial charge is 0.631 e. The zero-order valence-electron chi connectivity index (χ0n) is 14.2. The Hall–Kier alpha value is -1.54. The Balaban J connectivity index is 1.65. The molecule has 3 saturated heterocycles. The van der Waals surface area contributed by atoms with Gasteiger partial charge in [-0.2, -0.15) is 0 Å². The molecule has 4 N–H and O–H groups in total. The van der Waals surface area contributed by atoms with Gasteiger partial charge in [-0.25, -0.2) is 0 Å². The van der Waals surface area contributed by atoms with Crippen molar-refractivity contribution in [1.82, 2.24) is 10.2 Å². The molecule has 1 aromatic carbocycles. The predicted octanol–water partition coefficient (Wildman–Crippen LogP) is 0.540. The van der Waals surface area contributed by atoms with E-state index in [0.717, 1.165) is 32.5 Å². The van der Waals surface area contributed by atoms with E-state index < -0.39 is 0 Å². The van der Waals surface area contributed by atoms with Gasteiger partial charge in [0.05, 0.1) is 16.3 Å². The quantitative estimate of drug-likeness (QED) is 0.524. The predicted molar refractivity (Wildman–Crippen MR) is 94.5 cm³/mol. The number of piperidine rings is 3. The van der Waals surface area contributed by atoms with Gasteiger partial charge in [0, 0.05) is 12.6 Å². The first kappa shape index (κ1) is 16.9. The number of nitrogens with one attached hydrogen (secondary N) is 2. The molecule has 3 atom stereocenters. The van der Waals surface area contributed by atoms with E-state index >= 15 is 0 Å². The molecule has 1 amide bonds. The van der Waals surface area contributed by atoms with Gasteiger partial charge in [-0.05, 0) is 44.8 Å². The van der Waals surface area contributed by atoms with Crippen LogP contribution in [0.1, 0.15) is 41.7 Å². The zero-order chi connectivity index (χ0) is 17.7. The molecule has 2 bridgehead atoms. The van der Waals surface area contributed by atoms with Crippen LogP contribution in [0.15, 0.2) is 6.07 Å². The van der Waals surface area contributed by atoms with Crippen molar-refractivity contribution in [2.24, 2.45) is 5.92 Å². The molecule has 136 valence electrons. The summed E-state index contributed by atoms with van der Waals surface area (Å²) in [6.07, 6.45) is 2.21. The Morgan fingerprint density at radius 1 is 1.48 bits per heavy atom. The highest BCUT2D eigenvalue weighted by atomic mass is 35.5. The first-order valence-electron chi connectivity index (χ1n) is 8.76.